The predicted octanol–water partition coefficient (Wildman–Crippen LogP) is 0.786. The Morgan fingerprint density at radius 3 is 2.17 bits per heavy atom. The summed E-state index contributed by atoms with van der Waals surface area (Å²) in [6.45, 7) is 9.69. The van der Waals surface area contributed by atoms with Crippen molar-refractivity contribution in [1.29, 1.82) is 0 Å². The number of hydrogen-bond donors (Lipinski definition) is 1. The molecule has 0 atom stereocenters. The predicted molar refractivity (Wildman–Crippen MR) is 69.1 cm³/mol. The van der Waals surface area contributed by atoms with Crippen molar-refractivity contribution in [3.63, 3.8) is 0 Å². The highest BCUT2D eigenvalue weighted by molar-refractivity contribution is 5.81. The normalized spacial score (nSPS) is 19.6. The van der Waals surface area contributed by atoms with Crippen LogP contribution < -0.4 is 5.32 Å². The molecule has 5 nitrogen and oxygen atoms in total. The van der Waals surface area contributed by atoms with E-state index in [4.69, 9.17) is 0 Å². The van der Waals surface area contributed by atoms with Crippen LogP contribution in [0, 0.1) is 5.92 Å². The van der Waals surface area contributed by atoms with Crippen molar-refractivity contribution < 1.29 is 14.3 Å². The van der Waals surface area contributed by atoms with Gasteiger partial charge in [-0.2, -0.15) is 0 Å². The standard InChI is InChI=1S/C8H14N2O.C5H10O2/c11-8(7-1-2-7)10-5-3-9-4-6-10;1-5(2,3)7-4-6/h7,9H,1-6H2;4H,1-3H3. The average Bonchev–Trinajstić information content (AvgIpc) is 3.12. The van der Waals surface area contributed by atoms with Gasteiger partial charge in [0, 0.05) is 32.1 Å². The lowest BCUT2D eigenvalue weighted by Crippen LogP contribution is -2.46. The minimum atomic E-state index is -0.318. The lowest BCUT2D eigenvalue weighted by atomic mass is 10.2. The zero-order chi connectivity index (χ0) is 13.6. The van der Waals surface area contributed by atoms with E-state index in [0.29, 0.717) is 18.3 Å². The fourth-order valence-corrected chi connectivity index (χ4v) is 1.62. The van der Waals surface area contributed by atoms with E-state index < -0.39 is 0 Å². The van der Waals surface area contributed by atoms with Gasteiger partial charge >= 0.3 is 0 Å². The smallest absolute Gasteiger partial charge is 0.293 e. The van der Waals surface area contributed by atoms with Crippen molar-refractivity contribution >= 4 is 12.4 Å². The van der Waals surface area contributed by atoms with Gasteiger partial charge in [-0.3, -0.25) is 9.59 Å². The third-order valence-electron chi connectivity index (χ3n) is 2.76. The minimum absolute atomic E-state index is 0.318. The number of hydrogen-bond acceptors (Lipinski definition) is 4. The molecule has 2 fully saturated rings. The fourth-order valence-electron chi connectivity index (χ4n) is 1.62. The number of carbonyl (C=O) groups excluding carboxylic acids is 2. The molecule has 0 aromatic carbocycles. The molecule has 0 aromatic rings. The lowest BCUT2D eigenvalue weighted by molar-refractivity contribution is -0.138. The van der Waals surface area contributed by atoms with Crippen LogP contribution in [-0.4, -0.2) is 49.1 Å². The first kappa shape index (κ1) is 15.0. The van der Waals surface area contributed by atoms with Crippen LogP contribution in [0.5, 0.6) is 0 Å². The second kappa shape index (κ2) is 6.73. The van der Waals surface area contributed by atoms with Gasteiger partial charge in [0.1, 0.15) is 5.60 Å². The molecule has 2 aliphatic rings. The summed E-state index contributed by atoms with van der Waals surface area (Å²) >= 11 is 0. The monoisotopic (exact) mass is 256 g/mol. The Morgan fingerprint density at radius 1 is 1.28 bits per heavy atom. The third kappa shape index (κ3) is 6.00. The molecule has 0 unspecified atom stereocenters. The summed E-state index contributed by atoms with van der Waals surface area (Å²) in [5.41, 5.74) is -0.318. The highest BCUT2D eigenvalue weighted by Crippen LogP contribution is 2.30. The van der Waals surface area contributed by atoms with Crippen molar-refractivity contribution in [3.05, 3.63) is 0 Å². The van der Waals surface area contributed by atoms with Crippen LogP contribution in [0.2, 0.25) is 0 Å². The first-order valence-corrected chi connectivity index (χ1v) is 6.55. The van der Waals surface area contributed by atoms with Gasteiger partial charge in [0.05, 0.1) is 0 Å². The van der Waals surface area contributed by atoms with Crippen LogP contribution in [0.15, 0.2) is 0 Å². The van der Waals surface area contributed by atoms with E-state index in [1.54, 1.807) is 0 Å². The molecule has 0 aromatic heterocycles. The number of ether oxygens (including phenoxy) is 1. The number of piperazine rings is 1. The topological polar surface area (TPSA) is 58.6 Å². The van der Waals surface area contributed by atoms with Gasteiger partial charge in [-0.05, 0) is 33.6 Å². The summed E-state index contributed by atoms with van der Waals surface area (Å²) in [6, 6.07) is 0. The molecule has 1 heterocycles. The number of amides is 1. The van der Waals surface area contributed by atoms with Crippen LogP contribution in [0.4, 0.5) is 0 Å². The van der Waals surface area contributed by atoms with E-state index >= 15 is 0 Å². The van der Waals surface area contributed by atoms with Gasteiger partial charge in [0.15, 0.2) is 0 Å². The molecule has 0 spiro atoms. The van der Waals surface area contributed by atoms with E-state index in [9.17, 15) is 9.59 Å². The Bertz CT molecular complexity index is 276. The van der Waals surface area contributed by atoms with E-state index in [0.717, 1.165) is 39.0 Å². The Kier molecular flexibility index (Phi) is 5.59. The molecule has 2 rings (SSSR count). The van der Waals surface area contributed by atoms with Crippen LogP contribution in [0.25, 0.3) is 0 Å². The summed E-state index contributed by atoms with van der Waals surface area (Å²) in [5, 5.41) is 3.24. The molecular weight excluding hydrogens is 232 g/mol. The van der Waals surface area contributed by atoms with E-state index in [2.05, 4.69) is 10.1 Å². The van der Waals surface area contributed by atoms with Crippen molar-refractivity contribution in [3.8, 4) is 0 Å². The van der Waals surface area contributed by atoms with Crippen LogP contribution >= 0.6 is 0 Å². The molecule has 18 heavy (non-hydrogen) atoms. The van der Waals surface area contributed by atoms with Crippen molar-refractivity contribution in [2.75, 3.05) is 26.2 Å². The summed E-state index contributed by atoms with van der Waals surface area (Å²) < 4.78 is 4.55. The summed E-state index contributed by atoms with van der Waals surface area (Å²) in [5.74, 6) is 0.791. The van der Waals surface area contributed by atoms with E-state index in [1.807, 2.05) is 25.7 Å². The Labute approximate surface area is 109 Å². The molecular formula is C13H24N2O3. The maximum atomic E-state index is 11.5. The average molecular weight is 256 g/mol. The Morgan fingerprint density at radius 2 is 1.83 bits per heavy atom. The van der Waals surface area contributed by atoms with Gasteiger partial charge in [0.25, 0.3) is 6.47 Å². The summed E-state index contributed by atoms with van der Waals surface area (Å²) in [6.07, 6.45) is 2.26. The van der Waals surface area contributed by atoms with Crippen molar-refractivity contribution in [1.82, 2.24) is 10.2 Å². The van der Waals surface area contributed by atoms with Gasteiger partial charge in [-0.15, -0.1) is 0 Å². The van der Waals surface area contributed by atoms with Gasteiger partial charge < -0.3 is 15.0 Å². The van der Waals surface area contributed by atoms with E-state index in [-0.39, 0.29) is 5.60 Å². The van der Waals surface area contributed by atoms with Crippen LogP contribution in [-0.2, 0) is 14.3 Å². The number of rotatable bonds is 2. The van der Waals surface area contributed by atoms with Gasteiger partial charge in [0.2, 0.25) is 5.91 Å². The third-order valence-corrected chi connectivity index (χ3v) is 2.76. The largest absolute Gasteiger partial charge is 0.462 e. The van der Waals surface area contributed by atoms with E-state index in [1.165, 1.54) is 0 Å². The minimum Gasteiger partial charge on any atom is -0.462 e. The van der Waals surface area contributed by atoms with Gasteiger partial charge in [-0.1, -0.05) is 0 Å². The number of nitrogens with one attached hydrogen (secondary N) is 1. The lowest BCUT2D eigenvalue weighted by Gasteiger charge is -2.27. The molecule has 1 aliphatic carbocycles. The highest BCUT2D eigenvalue weighted by atomic mass is 16.5. The zero-order valence-electron chi connectivity index (χ0n) is 11.6. The molecule has 5 heteroatoms. The van der Waals surface area contributed by atoms with Crippen LogP contribution in [0.3, 0.4) is 0 Å². The van der Waals surface area contributed by atoms with Crippen LogP contribution in [0.1, 0.15) is 33.6 Å². The SMILES string of the molecule is CC(C)(C)OC=O.O=C(C1CC1)N1CCNCC1. The van der Waals surface area contributed by atoms with Gasteiger partial charge in [-0.25, -0.2) is 0 Å². The first-order valence-electron chi connectivity index (χ1n) is 6.55. The summed E-state index contributed by atoms with van der Waals surface area (Å²) in [7, 11) is 0. The molecule has 1 N–H and O–H groups in total. The Balaban J connectivity index is 0.000000203. The molecule has 0 bridgehead atoms. The first-order chi connectivity index (χ1) is 8.44. The molecule has 1 saturated carbocycles. The number of carbonyl (C=O) groups is 2. The molecule has 1 aliphatic heterocycles. The highest BCUT2D eigenvalue weighted by Gasteiger charge is 2.33. The Hall–Kier alpha value is -1.10. The summed E-state index contributed by atoms with van der Waals surface area (Å²) in [4.78, 5) is 23.1. The quantitative estimate of drug-likeness (QED) is 0.742. The maximum Gasteiger partial charge on any atom is 0.293 e. The molecule has 1 amide bonds. The second-order valence-corrected chi connectivity index (χ2v) is 5.68. The molecule has 104 valence electrons. The zero-order valence-corrected chi connectivity index (χ0v) is 11.6. The number of nitrogens with zero attached hydrogens (tertiary/aromatic N) is 1. The fraction of sp³-hybridized carbons (Fsp3) is 0.846. The van der Waals surface area contributed by atoms with Crippen molar-refractivity contribution in [2.24, 2.45) is 5.92 Å². The van der Waals surface area contributed by atoms with Crippen molar-refractivity contribution in [2.45, 2.75) is 39.2 Å². The second-order valence-electron chi connectivity index (χ2n) is 5.68. The molecule has 1 saturated heterocycles. The molecule has 0 radical (unpaired) electrons. The maximum absolute atomic E-state index is 11.5.